The molecule has 1 aromatic heterocycles. The zero-order valence-electron chi connectivity index (χ0n) is 16.7. The highest BCUT2D eigenvalue weighted by Gasteiger charge is 2.36. The van der Waals surface area contributed by atoms with Crippen LogP contribution in [0.3, 0.4) is 0 Å². The quantitative estimate of drug-likeness (QED) is 0.503. The number of aromatic nitrogens is 2. The zero-order chi connectivity index (χ0) is 22.9. The summed E-state index contributed by atoms with van der Waals surface area (Å²) < 4.78 is 27.4. The van der Waals surface area contributed by atoms with Crippen molar-refractivity contribution in [3.05, 3.63) is 64.7 Å². The van der Waals surface area contributed by atoms with Gasteiger partial charge in [0.1, 0.15) is 11.6 Å². The smallest absolute Gasteiger partial charge is 0.263 e. The van der Waals surface area contributed by atoms with Crippen LogP contribution in [0.5, 0.6) is 0 Å². The fraction of sp³-hybridized carbons (Fsp3) is 0.150. The molecule has 2 heterocycles. The molecule has 164 valence electrons. The van der Waals surface area contributed by atoms with E-state index in [2.05, 4.69) is 20.2 Å². The Bertz CT molecular complexity index is 1280. The minimum absolute atomic E-state index is 0.0240. The van der Waals surface area contributed by atoms with Gasteiger partial charge in [0, 0.05) is 5.69 Å². The van der Waals surface area contributed by atoms with Crippen molar-refractivity contribution >= 4 is 49.9 Å². The van der Waals surface area contributed by atoms with Crippen LogP contribution in [0.4, 0.5) is 10.8 Å². The SMILES string of the molecule is CCc1nnc(NS(=O)(=O)c2ccc(NC(=O)CN3C(=O)c4ccccc4C3=O)cc2)s1. The van der Waals surface area contributed by atoms with E-state index in [4.69, 9.17) is 0 Å². The lowest BCUT2D eigenvalue weighted by Gasteiger charge is -2.14. The molecule has 32 heavy (non-hydrogen) atoms. The van der Waals surface area contributed by atoms with Crippen molar-refractivity contribution in [1.82, 2.24) is 15.1 Å². The Kier molecular flexibility index (Phi) is 5.72. The van der Waals surface area contributed by atoms with E-state index >= 15 is 0 Å². The molecule has 10 nitrogen and oxygen atoms in total. The number of fused-ring (bicyclic) bond motifs is 1. The van der Waals surface area contributed by atoms with Crippen molar-refractivity contribution in [2.45, 2.75) is 18.2 Å². The van der Waals surface area contributed by atoms with Crippen LogP contribution in [-0.2, 0) is 21.2 Å². The molecule has 12 heteroatoms. The van der Waals surface area contributed by atoms with Gasteiger partial charge in [0.15, 0.2) is 0 Å². The Hall–Kier alpha value is -3.64. The maximum Gasteiger partial charge on any atom is 0.263 e. The summed E-state index contributed by atoms with van der Waals surface area (Å²) in [4.78, 5) is 37.9. The van der Waals surface area contributed by atoms with Gasteiger partial charge in [-0.25, -0.2) is 8.42 Å². The van der Waals surface area contributed by atoms with Gasteiger partial charge in [-0.1, -0.05) is 30.4 Å². The van der Waals surface area contributed by atoms with Crippen LogP contribution in [0.1, 0.15) is 32.6 Å². The van der Waals surface area contributed by atoms with Crippen molar-refractivity contribution in [2.75, 3.05) is 16.6 Å². The molecule has 2 aromatic carbocycles. The molecule has 0 spiro atoms. The molecule has 1 aliphatic heterocycles. The fourth-order valence-electron chi connectivity index (χ4n) is 3.06. The van der Waals surface area contributed by atoms with Crippen LogP contribution in [0, 0.1) is 0 Å². The van der Waals surface area contributed by atoms with Crippen molar-refractivity contribution in [3.8, 4) is 0 Å². The minimum atomic E-state index is -3.87. The van der Waals surface area contributed by atoms with Crippen molar-refractivity contribution in [2.24, 2.45) is 0 Å². The van der Waals surface area contributed by atoms with Crippen molar-refractivity contribution < 1.29 is 22.8 Å². The number of benzene rings is 2. The summed E-state index contributed by atoms with van der Waals surface area (Å²) in [6, 6.07) is 11.8. The van der Waals surface area contributed by atoms with Crippen LogP contribution in [-0.4, -0.2) is 47.8 Å². The van der Waals surface area contributed by atoms with Crippen LogP contribution >= 0.6 is 11.3 Å². The Balaban J connectivity index is 1.40. The molecule has 0 unspecified atom stereocenters. The predicted molar refractivity (Wildman–Crippen MR) is 117 cm³/mol. The maximum absolute atomic E-state index is 12.5. The third-order valence-electron chi connectivity index (χ3n) is 4.62. The van der Waals surface area contributed by atoms with Gasteiger partial charge in [-0.15, -0.1) is 10.2 Å². The fourth-order valence-corrected chi connectivity index (χ4v) is 4.97. The molecule has 0 saturated heterocycles. The molecule has 0 radical (unpaired) electrons. The first kappa shape index (κ1) is 21.6. The van der Waals surface area contributed by atoms with Crippen LogP contribution < -0.4 is 10.0 Å². The lowest BCUT2D eigenvalue weighted by molar-refractivity contribution is -0.116. The molecule has 3 amide bonds. The van der Waals surface area contributed by atoms with E-state index in [0.717, 1.165) is 16.2 Å². The first-order chi connectivity index (χ1) is 15.3. The van der Waals surface area contributed by atoms with Gasteiger partial charge < -0.3 is 5.32 Å². The topological polar surface area (TPSA) is 138 Å². The van der Waals surface area contributed by atoms with Gasteiger partial charge in [-0.2, -0.15) is 0 Å². The van der Waals surface area contributed by atoms with Gasteiger partial charge in [-0.05, 0) is 42.8 Å². The van der Waals surface area contributed by atoms with Gasteiger partial charge in [0.25, 0.3) is 21.8 Å². The second-order valence-corrected chi connectivity index (χ2v) is 9.52. The Morgan fingerprint density at radius 3 is 2.19 bits per heavy atom. The zero-order valence-corrected chi connectivity index (χ0v) is 18.4. The highest BCUT2D eigenvalue weighted by molar-refractivity contribution is 7.93. The first-order valence-corrected chi connectivity index (χ1v) is 11.8. The van der Waals surface area contributed by atoms with Gasteiger partial charge in [0.2, 0.25) is 11.0 Å². The second-order valence-electron chi connectivity index (χ2n) is 6.77. The lowest BCUT2D eigenvalue weighted by atomic mass is 10.1. The van der Waals surface area contributed by atoms with Crippen LogP contribution in [0.25, 0.3) is 0 Å². The highest BCUT2D eigenvalue weighted by atomic mass is 32.2. The average molecular weight is 472 g/mol. The number of amides is 3. The molecule has 1 aliphatic rings. The van der Waals surface area contributed by atoms with Crippen molar-refractivity contribution in [3.63, 3.8) is 0 Å². The first-order valence-electron chi connectivity index (χ1n) is 9.49. The molecular formula is C20H17N5O5S2. The summed E-state index contributed by atoms with van der Waals surface area (Å²) in [6.07, 6.45) is 0.647. The second kappa shape index (κ2) is 8.48. The van der Waals surface area contributed by atoms with Gasteiger partial charge in [-0.3, -0.25) is 24.0 Å². The summed E-state index contributed by atoms with van der Waals surface area (Å²) in [5.41, 5.74) is 0.831. The number of anilines is 2. The van der Waals surface area contributed by atoms with E-state index in [1.54, 1.807) is 12.1 Å². The van der Waals surface area contributed by atoms with Gasteiger partial charge >= 0.3 is 0 Å². The third-order valence-corrected chi connectivity index (χ3v) is 7.09. The number of hydrogen-bond donors (Lipinski definition) is 2. The van der Waals surface area contributed by atoms with E-state index in [1.807, 2.05) is 6.92 Å². The Labute approximate surface area is 187 Å². The molecule has 0 atom stereocenters. The predicted octanol–water partition coefficient (Wildman–Crippen LogP) is 2.14. The summed E-state index contributed by atoms with van der Waals surface area (Å²) in [7, 11) is -3.87. The minimum Gasteiger partial charge on any atom is -0.325 e. The number of imide groups is 1. The number of nitrogens with one attached hydrogen (secondary N) is 2. The largest absolute Gasteiger partial charge is 0.325 e. The van der Waals surface area contributed by atoms with E-state index in [9.17, 15) is 22.8 Å². The van der Waals surface area contributed by atoms with E-state index in [1.165, 1.54) is 36.4 Å². The number of hydrogen-bond acceptors (Lipinski definition) is 8. The van der Waals surface area contributed by atoms with E-state index in [0.29, 0.717) is 17.1 Å². The summed E-state index contributed by atoms with van der Waals surface area (Å²) in [5.74, 6) is -1.65. The van der Waals surface area contributed by atoms with Gasteiger partial charge in [0.05, 0.1) is 16.0 Å². The molecular weight excluding hydrogens is 454 g/mol. The van der Waals surface area contributed by atoms with Crippen LogP contribution in [0.2, 0.25) is 0 Å². The summed E-state index contributed by atoms with van der Waals surface area (Å²) in [5, 5.41) is 11.1. The molecule has 2 N–H and O–H groups in total. The molecule has 0 saturated carbocycles. The molecule has 3 aromatic rings. The number of nitrogens with zero attached hydrogens (tertiary/aromatic N) is 3. The molecule has 0 fully saturated rings. The number of aryl methyl sites for hydroxylation is 1. The number of sulfonamides is 1. The Morgan fingerprint density at radius 1 is 1.00 bits per heavy atom. The normalized spacial score (nSPS) is 13.2. The molecule has 0 aliphatic carbocycles. The lowest BCUT2D eigenvalue weighted by Crippen LogP contribution is -2.37. The number of carbonyl (C=O) groups excluding carboxylic acids is 3. The highest BCUT2D eigenvalue weighted by Crippen LogP contribution is 2.23. The molecule has 0 bridgehead atoms. The van der Waals surface area contributed by atoms with Crippen molar-refractivity contribution in [1.29, 1.82) is 0 Å². The van der Waals surface area contributed by atoms with E-state index < -0.39 is 34.3 Å². The average Bonchev–Trinajstić information content (AvgIpc) is 3.32. The molecule has 4 rings (SSSR count). The van der Waals surface area contributed by atoms with E-state index in [-0.39, 0.29) is 21.2 Å². The Morgan fingerprint density at radius 2 is 1.62 bits per heavy atom. The number of carbonyl (C=O) groups is 3. The standard InChI is InChI=1S/C20H17N5O5S2/c1-2-17-22-23-20(31-17)24-32(29,30)13-9-7-12(8-10-13)21-16(26)11-25-18(27)14-5-3-4-6-15(14)19(25)28/h3-10H,2,11H2,1H3,(H,21,26)(H,23,24). The summed E-state index contributed by atoms with van der Waals surface area (Å²) >= 11 is 1.15. The summed E-state index contributed by atoms with van der Waals surface area (Å²) in [6.45, 7) is 1.44. The maximum atomic E-state index is 12.5. The monoisotopic (exact) mass is 471 g/mol. The third kappa shape index (κ3) is 4.22. The van der Waals surface area contributed by atoms with Crippen LogP contribution in [0.15, 0.2) is 53.4 Å². The number of rotatable bonds is 7.